The molecule has 3 N–H and O–H groups in total. The minimum absolute atomic E-state index is 0.186. The maximum Gasteiger partial charge on any atom is 0.135 e. The number of rotatable bonds is 7. The number of hydrogen-bond acceptors (Lipinski definition) is 5. The second-order valence-electron chi connectivity index (χ2n) is 5.07. The summed E-state index contributed by atoms with van der Waals surface area (Å²) in [4.78, 5) is 9.12. The molecule has 0 saturated carbocycles. The molecule has 0 aliphatic heterocycles. The van der Waals surface area contributed by atoms with Crippen LogP contribution < -0.4 is 10.6 Å². The standard InChI is InChI=1S/C14H26N4O/c1-6-11(7-8-19)16-14-10(4)13(15-5)17-12(18-14)9(2)3/h9,11,19H,6-8H2,1-5H3,(H2,15,16,17,18). The average Bonchev–Trinajstić information content (AvgIpc) is 2.39. The Hall–Kier alpha value is -1.36. The van der Waals surface area contributed by atoms with Crippen molar-refractivity contribution < 1.29 is 5.11 Å². The molecule has 1 heterocycles. The fourth-order valence-electron chi connectivity index (χ4n) is 1.90. The van der Waals surface area contributed by atoms with Gasteiger partial charge in [-0.15, -0.1) is 0 Å². The Balaban J connectivity index is 3.07. The zero-order chi connectivity index (χ0) is 14.4. The van der Waals surface area contributed by atoms with E-state index in [0.29, 0.717) is 0 Å². The summed E-state index contributed by atoms with van der Waals surface area (Å²) < 4.78 is 0. The van der Waals surface area contributed by atoms with Crippen LogP contribution in [0.3, 0.4) is 0 Å². The highest BCUT2D eigenvalue weighted by Crippen LogP contribution is 2.24. The molecule has 1 atom stereocenters. The molecule has 0 amide bonds. The van der Waals surface area contributed by atoms with Crippen LogP contribution in [0.4, 0.5) is 11.6 Å². The van der Waals surface area contributed by atoms with Crippen LogP contribution in [-0.2, 0) is 0 Å². The minimum Gasteiger partial charge on any atom is -0.396 e. The van der Waals surface area contributed by atoms with E-state index in [0.717, 1.165) is 35.9 Å². The van der Waals surface area contributed by atoms with Gasteiger partial charge in [0.2, 0.25) is 0 Å². The summed E-state index contributed by atoms with van der Waals surface area (Å²) in [6, 6.07) is 0.239. The predicted octanol–water partition coefficient (Wildman–Crippen LogP) is 2.52. The molecule has 5 nitrogen and oxygen atoms in total. The van der Waals surface area contributed by atoms with E-state index in [1.807, 2.05) is 14.0 Å². The Bertz CT molecular complexity index is 407. The fraction of sp³-hybridized carbons (Fsp3) is 0.714. The van der Waals surface area contributed by atoms with E-state index in [9.17, 15) is 0 Å². The maximum absolute atomic E-state index is 9.07. The van der Waals surface area contributed by atoms with Crippen molar-refractivity contribution in [2.45, 2.75) is 52.5 Å². The van der Waals surface area contributed by atoms with Crippen LogP contribution >= 0.6 is 0 Å². The van der Waals surface area contributed by atoms with Crippen LogP contribution in [-0.4, -0.2) is 34.8 Å². The fourth-order valence-corrected chi connectivity index (χ4v) is 1.90. The van der Waals surface area contributed by atoms with Crippen molar-refractivity contribution in [1.82, 2.24) is 9.97 Å². The van der Waals surface area contributed by atoms with Crippen molar-refractivity contribution in [1.29, 1.82) is 0 Å². The highest BCUT2D eigenvalue weighted by Gasteiger charge is 2.14. The topological polar surface area (TPSA) is 70.1 Å². The van der Waals surface area contributed by atoms with Crippen LogP contribution in [0.5, 0.6) is 0 Å². The third-order valence-electron chi connectivity index (χ3n) is 3.23. The van der Waals surface area contributed by atoms with E-state index < -0.39 is 0 Å². The monoisotopic (exact) mass is 266 g/mol. The molecule has 0 aliphatic carbocycles. The summed E-state index contributed by atoms with van der Waals surface area (Å²) in [5.41, 5.74) is 1.02. The molecule has 0 fully saturated rings. The summed E-state index contributed by atoms with van der Waals surface area (Å²) in [5, 5.41) is 15.6. The second kappa shape index (κ2) is 7.28. The van der Waals surface area contributed by atoms with Gasteiger partial charge in [-0.25, -0.2) is 9.97 Å². The molecule has 0 aromatic carbocycles. The molecule has 1 rings (SSSR count). The van der Waals surface area contributed by atoms with Gasteiger partial charge >= 0.3 is 0 Å². The summed E-state index contributed by atoms with van der Waals surface area (Å²) in [6.45, 7) is 8.46. The van der Waals surface area contributed by atoms with Gasteiger partial charge in [0.1, 0.15) is 17.5 Å². The van der Waals surface area contributed by atoms with Crippen LogP contribution in [0.2, 0.25) is 0 Å². The second-order valence-corrected chi connectivity index (χ2v) is 5.07. The molecule has 1 aromatic heterocycles. The zero-order valence-corrected chi connectivity index (χ0v) is 12.6. The SMILES string of the molecule is CCC(CCO)Nc1nc(C(C)C)nc(NC)c1C. The van der Waals surface area contributed by atoms with E-state index >= 15 is 0 Å². The molecular weight excluding hydrogens is 240 g/mol. The Kier molecular flexibility index (Phi) is 6.02. The number of nitrogens with zero attached hydrogens (tertiary/aromatic N) is 2. The molecule has 1 unspecified atom stereocenters. The van der Waals surface area contributed by atoms with E-state index in [2.05, 4.69) is 41.4 Å². The molecule has 0 spiro atoms. The third kappa shape index (κ3) is 4.06. The van der Waals surface area contributed by atoms with Gasteiger partial charge in [-0.2, -0.15) is 0 Å². The van der Waals surface area contributed by atoms with Crippen LogP contribution in [0.15, 0.2) is 0 Å². The van der Waals surface area contributed by atoms with E-state index in [-0.39, 0.29) is 18.6 Å². The summed E-state index contributed by atoms with van der Waals surface area (Å²) >= 11 is 0. The molecule has 0 radical (unpaired) electrons. The lowest BCUT2D eigenvalue weighted by Gasteiger charge is -2.20. The summed E-state index contributed by atoms with van der Waals surface area (Å²) in [7, 11) is 1.87. The van der Waals surface area contributed by atoms with E-state index in [4.69, 9.17) is 5.11 Å². The molecule has 5 heteroatoms. The van der Waals surface area contributed by atoms with Gasteiger partial charge in [0, 0.05) is 31.2 Å². The molecule has 1 aromatic rings. The number of aliphatic hydroxyl groups excluding tert-OH is 1. The first-order valence-corrected chi connectivity index (χ1v) is 6.97. The normalized spacial score (nSPS) is 12.6. The number of aliphatic hydroxyl groups is 1. The first kappa shape index (κ1) is 15.7. The van der Waals surface area contributed by atoms with E-state index in [1.165, 1.54) is 0 Å². The molecule has 0 bridgehead atoms. The average molecular weight is 266 g/mol. The smallest absolute Gasteiger partial charge is 0.135 e. The Morgan fingerprint density at radius 3 is 2.32 bits per heavy atom. The number of hydrogen-bond donors (Lipinski definition) is 3. The zero-order valence-electron chi connectivity index (χ0n) is 12.6. The molecule has 19 heavy (non-hydrogen) atoms. The Morgan fingerprint density at radius 2 is 1.84 bits per heavy atom. The molecule has 0 aliphatic rings. The van der Waals surface area contributed by atoms with Gasteiger partial charge in [0.15, 0.2) is 0 Å². The highest BCUT2D eigenvalue weighted by molar-refractivity contribution is 5.57. The molecule has 108 valence electrons. The minimum atomic E-state index is 0.186. The van der Waals surface area contributed by atoms with Crippen molar-refractivity contribution in [3.8, 4) is 0 Å². The van der Waals surface area contributed by atoms with Crippen molar-refractivity contribution in [3.63, 3.8) is 0 Å². The predicted molar refractivity (Wildman–Crippen MR) is 79.8 cm³/mol. The van der Waals surface area contributed by atoms with Crippen LogP contribution in [0.1, 0.15) is 50.9 Å². The molecular formula is C14H26N4O. The van der Waals surface area contributed by atoms with Gasteiger partial charge < -0.3 is 15.7 Å². The maximum atomic E-state index is 9.07. The van der Waals surface area contributed by atoms with Crippen molar-refractivity contribution in [2.75, 3.05) is 24.3 Å². The van der Waals surface area contributed by atoms with Gasteiger partial charge in [-0.05, 0) is 19.8 Å². The summed E-state index contributed by atoms with van der Waals surface area (Å²) in [6.07, 6.45) is 1.68. The van der Waals surface area contributed by atoms with Crippen molar-refractivity contribution >= 4 is 11.6 Å². The largest absolute Gasteiger partial charge is 0.396 e. The summed E-state index contributed by atoms with van der Waals surface area (Å²) in [5.74, 6) is 2.84. The Morgan fingerprint density at radius 1 is 1.21 bits per heavy atom. The quantitative estimate of drug-likeness (QED) is 0.707. The lowest BCUT2D eigenvalue weighted by molar-refractivity contribution is 0.278. The van der Waals surface area contributed by atoms with Gasteiger partial charge in [-0.3, -0.25) is 0 Å². The molecule has 0 saturated heterocycles. The number of nitrogens with one attached hydrogen (secondary N) is 2. The lowest BCUT2D eigenvalue weighted by atomic mass is 10.1. The van der Waals surface area contributed by atoms with Gasteiger partial charge in [0.25, 0.3) is 0 Å². The van der Waals surface area contributed by atoms with Gasteiger partial charge in [0.05, 0.1) is 0 Å². The highest BCUT2D eigenvalue weighted by atomic mass is 16.3. The number of anilines is 2. The first-order valence-electron chi connectivity index (χ1n) is 6.97. The Labute approximate surface area is 115 Å². The third-order valence-corrected chi connectivity index (χ3v) is 3.23. The van der Waals surface area contributed by atoms with Crippen LogP contribution in [0.25, 0.3) is 0 Å². The first-order chi connectivity index (χ1) is 9.03. The lowest BCUT2D eigenvalue weighted by Crippen LogP contribution is -2.22. The number of aromatic nitrogens is 2. The van der Waals surface area contributed by atoms with E-state index in [1.54, 1.807) is 0 Å². The van der Waals surface area contributed by atoms with Gasteiger partial charge in [-0.1, -0.05) is 20.8 Å². The van der Waals surface area contributed by atoms with Crippen LogP contribution in [0, 0.1) is 6.92 Å². The van der Waals surface area contributed by atoms with Crippen molar-refractivity contribution in [3.05, 3.63) is 11.4 Å². The van der Waals surface area contributed by atoms with Crippen molar-refractivity contribution in [2.24, 2.45) is 0 Å².